The lowest BCUT2D eigenvalue weighted by Crippen LogP contribution is -2.52. The first kappa shape index (κ1) is 31.7. The predicted octanol–water partition coefficient (Wildman–Crippen LogP) is 6.37. The number of aromatic nitrogens is 4. The molecular formula is C34H42N10OS2. The van der Waals surface area contributed by atoms with Crippen LogP contribution in [0.25, 0.3) is 21.3 Å². The molecule has 7 rings (SSSR count). The van der Waals surface area contributed by atoms with E-state index in [1.165, 1.54) is 50.3 Å². The fourth-order valence-corrected chi connectivity index (χ4v) is 7.86. The molecule has 0 radical (unpaired) electrons. The topological polar surface area (TPSA) is 97.8 Å². The van der Waals surface area contributed by atoms with E-state index in [-0.39, 0.29) is 0 Å². The molecule has 2 N–H and O–H groups in total. The van der Waals surface area contributed by atoms with Crippen LogP contribution < -0.4 is 24.6 Å². The highest BCUT2D eigenvalue weighted by Gasteiger charge is 2.28. The van der Waals surface area contributed by atoms with E-state index in [9.17, 15) is 0 Å². The molecule has 0 saturated carbocycles. The number of likely N-dealkylation sites (N-methyl/N-ethyl adjacent to an activating group) is 1. The number of aryl methyl sites for hydroxylation is 1. The SMILES string of the molecule is COc1cc(N2CCC(N3CCN(C)CC3)CC2)c(C)cc1Nc1nc(Nc2ccc3nccnc3c2N(C)SC)c2ccsc2n1. The van der Waals surface area contributed by atoms with Crippen LogP contribution in [0.15, 0.2) is 48.1 Å². The van der Waals surface area contributed by atoms with Crippen LogP contribution >= 0.6 is 23.3 Å². The van der Waals surface area contributed by atoms with E-state index in [1.54, 1.807) is 42.8 Å². The van der Waals surface area contributed by atoms with Gasteiger partial charge in [0.15, 0.2) is 0 Å². The zero-order chi connectivity index (χ0) is 32.5. The van der Waals surface area contributed by atoms with Crippen molar-refractivity contribution in [3.05, 3.63) is 53.7 Å². The Balaban J connectivity index is 1.14. The molecule has 0 aliphatic carbocycles. The predicted molar refractivity (Wildman–Crippen MR) is 197 cm³/mol. The molecule has 0 amide bonds. The van der Waals surface area contributed by atoms with Gasteiger partial charge in [-0.05, 0) is 62.0 Å². The summed E-state index contributed by atoms with van der Waals surface area (Å²) in [6.07, 6.45) is 7.86. The zero-order valence-electron chi connectivity index (χ0n) is 27.7. The quantitative estimate of drug-likeness (QED) is 0.171. The van der Waals surface area contributed by atoms with Gasteiger partial charge in [-0.25, -0.2) is 4.98 Å². The van der Waals surface area contributed by atoms with Gasteiger partial charge in [-0.2, -0.15) is 4.98 Å². The van der Waals surface area contributed by atoms with E-state index in [1.807, 2.05) is 30.8 Å². The van der Waals surface area contributed by atoms with E-state index in [0.717, 1.165) is 57.2 Å². The van der Waals surface area contributed by atoms with Crippen LogP contribution in [0.3, 0.4) is 0 Å². The van der Waals surface area contributed by atoms with Crippen LogP contribution in [0.1, 0.15) is 18.4 Å². The Morgan fingerprint density at radius 1 is 0.957 bits per heavy atom. The number of fused-ring (bicyclic) bond motifs is 2. The minimum Gasteiger partial charge on any atom is -0.494 e. The van der Waals surface area contributed by atoms with Crippen LogP contribution in [-0.2, 0) is 0 Å². The Labute approximate surface area is 284 Å². The van der Waals surface area contributed by atoms with E-state index >= 15 is 0 Å². The average molecular weight is 671 g/mol. The smallest absolute Gasteiger partial charge is 0.230 e. The maximum Gasteiger partial charge on any atom is 0.230 e. The molecule has 5 aromatic rings. The van der Waals surface area contributed by atoms with Gasteiger partial charge in [0.25, 0.3) is 0 Å². The lowest BCUT2D eigenvalue weighted by atomic mass is 10.0. The van der Waals surface area contributed by atoms with Crippen molar-refractivity contribution in [1.82, 2.24) is 29.7 Å². The summed E-state index contributed by atoms with van der Waals surface area (Å²) < 4.78 is 8.02. The summed E-state index contributed by atoms with van der Waals surface area (Å²) in [7, 11) is 5.98. The normalized spacial score (nSPS) is 16.6. The number of hydrogen-bond donors (Lipinski definition) is 2. The summed E-state index contributed by atoms with van der Waals surface area (Å²) in [6, 6.07) is 11.1. The van der Waals surface area contributed by atoms with Crippen molar-refractivity contribution in [2.24, 2.45) is 0 Å². The summed E-state index contributed by atoms with van der Waals surface area (Å²) >= 11 is 3.20. The van der Waals surface area contributed by atoms with Crippen molar-refractivity contribution < 1.29 is 4.74 Å². The van der Waals surface area contributed by atoms with Gasteiger partial charge in [-0.1, -0.05) is 11.9 Å². The molecular weight excluding hydrogens is 629 g/mol. The van der Waals surface area contributed by atoms with Crippen molar-refractivity contribution in [2.45, 2.75) is 25.8 Å². The molecule has 2 fully saturated rings. The summed E-state index contributed by atoms with van der Waals surface area (Å²) in [4.78, 5) is 27.6. The zero-order valence-corrected chi connectivity index (χ0v) is 29.3. The molecule has 47 heavy (non-hydrogen) atoms. The van der Waals surface area contributed by atoms with E-state index in [4.69, 9.17) is 14.7 Å². The molecule has 2 aliphatic heterocycles. The minimum atomic E-state index is 0.501. The number of nitrogens with zero attached hydrogens (tertiary/aromatic N) is 8. The Morgan fingerprint density at radius 2 is 1.74 bits per heavy atom. The maximum atomic E-state index is 5.93. The van der Waals surface area contributed by atoms with Crippen molar-refractivity contribution in [3.8, 4) is 5.75 Å². The Morgan fingerprint density at radius 3 is 2.51 bits per heavy atom. The van der Waals surface area contributed by atoms with Gasteiger partial charge in [0.1, 0.15) is 21.9 Å². The van der Waals surface area contributed by atoms with E-state index in [2.05, 4.69) is 71.8 Å². The molecule has 5 heterocycles. The molecule has 13 heteroatoms. The number of nitrogens with one attached hydrogen (secondary N) is 2. The first-order chi connectivity index (χ1) is 22.9. The van der Waals surface area contributed by atoms with Crippen LogP contribution in [0, 0.1) is 6.92 Å². The highest BCUT2D eigenvalue weighted by Crippen LogP contribution is 2.40. The van der Waals surface area contributed by atoms with Gasteiger partial charge < -0.3 is 29.5 Å². The van der Waals surface area contributed by atoms with Crippen LogP contribution in [0.4, 0.5) is 34.5 Å². The average Bonchev–Trinajstić information content (AvgIpc) is 3.58. The fourth-order valence-electron chi connectivity index (χ4n) is 6.73. The fraction of sp³-hybridized carbons (Fsp3) is 0.412. The molecule has 3 aromatic heterocycles. The number of benzene rings is 2. The van der Waals surface area contributed by atoms with Crippen LogP contribution in [0.2, 0.25) is 0 Å². The molecule has 2 saturated heterocycles. The molecule has 0 unspecified atom stereocenters. The summed E-state index contributed by atoms with van der Waals surface area (Å²) in [5.41, 5.74) is 6.76. The Bertz CT molecular complexity index is 1870. The van der Waals surface area contributed by atoms with Gasteiger partial charge >= 0.3 is 0 Å². The third-order valence-corrected chi connectivity index (χ3v) is 10.9. The molecule has 246 valence electrons. The lowest BCUT2D eigenvalue weighted by Gasteiger charge is -2.43. The first-order valence-corrected chi connectivity index (χ1v) is 18.1. The molecule has 11 nitrogen and oxygen atoms in total. The van der Waals surface area contributed by atoms with Gasteiger partial charge in [0.05, 0.1) is 35.1 Å². The van der Waals surface area contributed by atoms with E-state index in [0.29, 0.717) is 17.8 Å². The summed E-state index contributed by atoms with van der Waals surface area (Å²) in [5.74, 6) is 1.99. The number of anilines is 6. The van der Waals surface area contributed by atoms with Crippen molar-refractivity contribution in [1.29, 1.82) is 0 Å². The molecule has 2 aliphatic rings. The second kappa shape index (κ2) is 13.7. The second-order valence-electron chi connectivity index (χ2n) is 12.2. The molecule has 0 bridgehead atoms. The Hall–Kier alpha value is -3.91. The number of piperazine rings is 1. The van der Waals surface area contributed by atoms with Gasteiger partial charge in [-0.15, -0.1) is 11.3 Å². The largest absolute Gasteiger partial charge is 0.494 e. The summed E-state index contributed by atoms with van der Waals surface area (Å²) in [6.45, 7) is 8.97. The first-order valence-electron chi connectivity index (χ1n) is 16.1. The monoisotopic (exact) mass is 670 g/mol. The maximum absolute atomic E-state index is 5.93. The third kappa shape index (κ3) is 6.49. The Kier molecular flexibility index (Phi) is 9.22. The number of ether oxygens (including phenoxy) is 1. The number of hydrogen-bond acceptors (Lipinski definition) is 13. The van der Waals surface area contributed by atoms with E-state index < -0.39 is 0 Å². The van der Waals surface area contributed by atoms with Gasteiger partial charge in [0.2, 0.25) is 5.95 Å². The minimum absolute atomic E-state index is 0.501. The standard InChI is InChI=1S/C34H42N10OS2/c1-22-20-27(29(45-4)21-28(22)44-13-8-23(9-14-44)43-17-15-41(2)16-18-43)38-34-39-32(24-10-19-47-33(24)40-34)37-26-7-6-25-30(36-12-11-35-25)31(26)42(3)46-5/h6-7,10-12,19-21,23H,8-9,13-18H2,1-5H3,(H2,37,38,39,40). The second-order valence-corrected chi connectivity index (χ2v) is 14.1. The van der Waals surface area contributed by atoms with Crippen molar-refractivity contribution in [3.63, 3.8) is 0 Å². The molecule has 0 spiro atoms. The number of piperidine rings is 1. The lowest BCUT2D eigenvalue weighted by molar-refractivity contribution is 0.0982. The number of thiophene rings is 1. The highest BCUT2D eigenvalue weighted by molar-refractivity contribution is 7.99. The van der Waals surface area contributed by atoms with Crippen molar-refractivity contribution >= 4 is 79.1 Å². The summed E-state index contributed by atoms with van der Waals surface area (Å²) in [5, 5.41) is 10.1. The number of rotatable bonds is 9. The molecule has 0 atom stereocenters. The highest BCUT2D eigenvalue weighted by atomic mass is 32.2. The van der Waals surface area contributed by atoms with Crippen molar-refractivity contribution in [2.75, 3.05) is 86.6 Å². The van der Waals surface area contributed by atoms with Crippen LogP contribution in [-0.4, -0.2) is 103 Å². The van der Waals surface area contributed by atoms with Crippen LogP contribution in [0.5, 0.6) is 5.75 Å². The van der Waals surface area contributed by atoms with Gasteiger partial charge in [0, 0.05) is 82.8 Å². The number of methoxy groups -OCH3 is 1. The molecule has 2 aromatic carbocycles. The third-order valence-electron chi connectivity index (χ3n) is 9.40. The van der Waals surface area contributed by atoms with Gasteiger partial charge in [-0.3, -0.25) is 14.9 Å².